The van der Waals surface area contributed by atoms with Crippen molar-refractivity contribution in [2.75, 3.05) is 13.1 Å². The monoisotopic (exact) mass is 282 g/mol. The minimum atomic E-state index is -0.766. The van der Waals surface area contributed by atoms with Gasteiger partial charge in [-0.05, 0) is 25.2 Å². The standard InChI is InChI=1S/C15H26N2O3/c18-14(19)10-12-8-9-17(11-12)15(20)16-13-6-4-2-1-3-5-7-13/h12-13H,1-11H2,(H,16,20)(H,18,19). The highest BCUT2D eigenvalue weighted by Gasteiger charge is 2.28. The first-order valence-electron chi connectivity index (χ1n) is 7.92. The highest BCUT2D eigenvalue weighted by atomic mass is 16.4. The Labute approximate surface area is 120 Å². The molecule has 1 atom stereocenters. The van der Waals surface area contributed by atoms with E-state index >= 15 is 0 Å². The first-order chi connectivity index (χ1) is 9.65. The van der Waals surface area contributed by atoms with Crippen molar-refractivity contribution in [1.29, 1.82) is 0 Å². The van der Waals surface area contributed by atoms with Gasteiger partial charge in [-0.3, -0.25) is 4.79 Å². The molecule has 0 aromatic rings. The largest absolute Gasteiger partial charge is 0.481 e. The molecule has 1 saturated heterocycles. The summed E-state index contributed by atoms with van der Waals surface area (Å²) < 4.78 is 0. The molecule has 0 aromatic heterocycles. The molecule has 20 heavy (non-hydrogen) atoms. The van der Waals surface area contributed by atoms with E-state index in [0.29, 0.717) is 19.1 Å². The van der Waals surface area contributed by atoms with Gasteiger partial charge in [-0.2, -0.15) is 0 Å². The third-order valence-corrected chi connectivity index (χ3v) is 4.47. The van der Waals surface area contributed by atoms with Crippen LogP contribution < -0.4 is 5.32 Å². The number of carbonyl (C=O) groups excluding carboxylic acids is 1. The van der Waals surface area contributed by atoms with Gasteiger partial charge in [0.2, 0.25) is 0 Å². The lowest BCUT2D eigenvalue weighted by atomic mass is 9.97. The second-order valence-corrected chi connectivity index (χ2v) is 6.19. The highest BCUT2D eigenvalue weighted by Crippen LogP contribution is 2.21. The van der Waals surface area contributed by atoms with E-state index in [2.05, 4.69) is 5.32 Å². The van der Waals surface area contributed by atoms with Gasteiger partial charge in [-0.25, -0.2) is 4.79 Å². The van der Waals surface area contributed by atoms with Crippen LogP contribution >= 0.6 is 0 Å². The summed E-state index contributed by atoms with van der Waals surface area (Å²) in [5.41, 5.74) is 0. The Morgan fingerprint density at radius 3 is 2.35 bits per heavy atom. The van der Waals surface area contributed by atoms with E-state index in [9.17, 15) is 9.59 Å². The number of nitrogens with zero attached hydrogens (tertiary/aromatic N) is 1. The van der Waals surface area contributed by atoms with Gasteiger partial charge in [-0.15, -0.1) is 0 Å². The summed E-state index contributed by atoms with van der Waals surface area (Å²) in [5, 5.41) is 11.9. The summed E-state index contributed by atoms with van der Waals surface area (Å²) in [7, 11) is 0. The molecule has 1 saturated carbocycles. The number of hydrogen-bond acceptors (Lipinski definition) is 2. The average molecular weight is 282 g/mol. The summed E-state index contributed by atoms with van der Waals surface area (Å²) in [4.78, 5) is 24.7. The first-order valence-corrected chi connectivity index (χ1v) is 7.92. The number of nitrogens with one attached hydrogen (secondary N) is 1. The van der Waals surface area contributed by atoms with Crippen molar-refractivity contribution >= 4 is 12.0 Å². The van der Waals surface area contributed by atoms with Gasteiger partial charge in [0.05, 0.1) is 0 Å². The van der Waals surface area contributed by atoms with Crippen LogP contribution in [0.15, 0.2) is 0 Å². The number of urea groups is 1. The van der Waals surface area contributed by atoms with Gasteiger partial charge in [-0.1, -0.05) is 32.1 Å². The molecule has 2 fully saturated rings. The lowest BCUT2D eigenvalue weighted by molar-refractivity contribution is -0.138. The van der Waals surface area contributed by atoms with E-state index in [0.717, 1.165) is 19.3 Å². The van der Waals surface area contributed by atoms with Gasteiger partial charge in [0, 0.05) is 25.6 Å². The average Bonchev–Trinajstić information content (AvgIpc) is 2.80. The zero-order valence-corrected chi connectivity index (χ0v) is 12.1. The molecule has 0 spiro atoms. The Kier molecular flexibility index (Phi) is 5.68. The van der Waals surface area contributed by atoms with Crippen LogP contribution in [0.3, 0.4) is 0 Å². The van der Waals surface area contributed by atoms with Crippen LogP contribution in [0.5, 0.6) is 0 Å². The van der Waals surface area contributed by atoms with Crippen LogP contribution in [0.4, 0.5) is 4.79 Å². The topological polar surface area (TPSA) is 69.6 Å². The zero-order valence-electron chi connectivity index (χ0n) is 12.1. The number of carbonyl (C=O) groups is 2. The number of aliphatic carboxylic acids is 1. The van der Waals surface area contributed by atoms with Crippen molar-refractivity contribution in [2.24, 2.45) is 5.92 Å². The predicted molar refractivity (Wildman–Crippen MR) is 76.6 cm³/mol. The Balaban J connectivity index is 1.75. The minimum absolute atomic E-state index is 0.00321. The lowest BCUT2D eigenvalue weighted by Gasteiger charge is -2.24. The molecule has 1 aliphatic heterocycles. The van der Waals surface area contributed by atoms with E-state index in [4.69, 9.17) is 5.11 Å². The second-order valence-electron chi connectivity index (χ2n) is 6.19. The summed E-state index contributed by atoms with van der Waals surface area (Å²) in [6.45, 7) is 1.28. The van der Waals surface area contributed by atoms with Gasteiger partial charge in [0.25, 0.3) is 0 Å². The number of likely N-dealkylation sites (tertiary alicyclic amines) is 1. The highest BCUT2D eigenvalue weighted by molar-refractivity contribution is 5.75. The Morgan fingerprint density at radius 2 is 1.70 bits per heavy atom. The molecule has 5 heteroatoms. The summed E-state index contributed by atoms with van der Waals surface area (Å²) in [6.07, 6.45) is 9.42. The zero-order chi connectivity index (χ0) is 14.4. The van der Waals surface area contributed by atoms with Crippen molar-refractivity contribution in [1.82, 2.24) is 10.2 Å². The summed E-state index contributed by atoms with van der Waals surface area (Å²) >= 11 is 0. The Hall–Kier alpha value is -1.26. The smallest absolute Gasteiger partial charge is 0.317 e. The van der Waals surface area contributed by atoms with Crippen molar-refractivity contribution in [3.8, 4) is 0 Å². The quantitative estimate of drug-likeness (QED) is 0.836. The molecule has 1 heterocycles. The molecule has 0 aromatic carbocycles. The van der Waals surface area contributed by atoms with Crippen molar-refractivity contribution < 1.29 is 14.7 Å². The molecule has 1 unspecified atom stereocenters. The number of carboxylic acid groups (broad SMARTS) is 1. The maximum Gasteiger partial charge on any atom is 0.317 e. The van der Waals surface area contributed by atoms with Crippen LogP contribution in [-0.2, 0) is 4.79 Å². The number of hydrogen-bond donors (Lipinski definition) is 2. The number of carboxylic acids is 1. The molecule has 2 aliphatic rings. The van der Waals surface area contributed by atoms with Gasteiger partial charge in [0.1, 0.15) is 0 Å². The Morgan fingerprint density at radius 1 is 1.05 bits per heavy atom. The molecule has 2 rings (SSSR count). The maximum absolute atomic E-state index is 12.2. The third-order valence-electron chi connectivity index (χ3n) is 4.47. The normalized spacial score (nSPS) is 25.0. The number of amides is 2. The van der Waals surface area contributed by atoms with Crippen LogP contribution in [0.1, 0.15) is 57.8 Å². The lowest BCUT2D eigenvalue weighted by Crippen LogP contribution is -2.44. The molecule has 5 nitrogen and oxygen atoms in total. The minimum Gasteiger partial charge on any atom is -0.481 e. The predicted octanol–water partition coefficient (Wildman–Crippen LogP) is 2.61. The van der Waals surface area contributed by atoms with Crippen LogP contribution in [0, 0.1) is 5.92 Å². The van der Waals surface area contributed by atoms with Crippen molar-refractivity contribution in [3.63, 3.8) is 0 Å². The summed E-state index contributed by atoms with van der Waals surface area (Å²) in [5.74, 6) is -0.646. The van der Waals surface area contributed by atoms with Gasteiger partial charge >= 0.3 is 12.0 Å². The van der Waals surface area contributed by atoms with Crippen LogP contribution in [-0.4, -0.2) is 41.1 Å². The SMILES string of the molecule is O=C(O)CC1CCN(C(=O)NC2CCCCCCC2)C1. The first kappa shape index (κ1) is 15.1. The molecule has 1 aliphatic carbocycles. The fourth-order valence-electron chi connectivity index (χ4n) is 3.30. The number of rotatable bonds is 3. The molecule has 0 radical (unpaired) electrons. The molecule has 0 bridgehead atoms. The fraction of sp³-hybridized carbons (Fsp3) is 0.867. The van der Waals surface area contributed by atoms with Crippen LogP contribution in [0.25, 0.3) is 0 Å². The van der Waals surface area contributed by atoms with E-state index in [1.165, 1.54) is 32.1 Å². The molecule has 2 amide bonds. The van der Waals surface area contributed by atoms with Gasteiger partial charge < -0.3 is 15.3 Å². The molecule has 114 valence electrons. The molecular formula is C15H26N2O3. The van der Waals surface area contributed by atoms with E-state index in [1.807, 2.05) is 0 Å². The third kappa shape index (κ3) is 4.69. The van der Waals surface area contributed by atoms with Crippen LogP contribution in [0.2, 0.25) is 0 Å². The Bertz CT molecular complexity index is 338. The van der Waals surface area contributed by atoms with E-state index in [1.54, 1.807) is 4.90 Å². The summed E-state index contributed by atoms with van der Waals surface area (Å²) in [6, 6.07) is 0.310. The second kappa shape index (κ2) is 7.50. The van der Waals surface area contributed by atoms with E-state index in [-0.39, 0.29) is 18.4 Å². The maximum atomic E-state index is 12.2. The van der Waals surface area contributed by atoms with Gasteiger partial charge in [0.15, 0.2) is 0 Å². The fourth-order valence-corrected chi connectivity index (χ4v) is 3.30. The van der Waals surface area contributed by atoms with Crippen molar-refractivity contribution in [2.45, 2.75) is 63.8 Å². The molecular weight excluding hydrogens is 256 g/mol. The van der Waals surface area contributed by atoms with Crippen molar-refractivity contribution in [3.05, 3.63) is 0 Å². The molecule has 2 N–H and O–H groups in total. The van der Waals surface area contributed by atoms with E-state index < -0.39 is 5.97 Å².